The fourth-order valence-corrected chi connectivity index (χ4v) is 17.9. The maximum Gasteiger partial charge on any atom is 0.124 e. The number of fused-ring (bicyclic) bond motifs is 10. The zero-order chi connectivity index (χ0) is 66.0. The quantitative estimate of drug-likeness (QED) is 0.121. The van der Waals surface area contributed by atoms with Crippen molar-refractivity contribution in [2.75, 3.05) is 9.80 Å². The molecule has 0 spiro atoms. The van der Waals surface area contributed by atoms with E-state index in [4.69, 9.17) is 19.9 Å². The molecule has 0 fully saturated rings. The maximum atomic E-state index is 5.07. The summed E-state index contributed by atoms with van der Waals surface area (Å²) in [5.41, 5.74) is 28.6. The van der Waals surface area contributed by atoms with Crippen LogP contribution in [0.3, 0.4) is 0 Å². The Balaban J connectivity index is 0.000000144. The normalized spacial score (nSPS) is 11.5. The lowest BCUT2D eigenvalue weighted by Crippen LogP contribution is -2.09. The Morgan fingerprint density at radius 3 is 0.871 bits per heavy atom. The van der Waals surface area contributed by atoms with Crippen LogP contribution in [-0.4, -0.2) is 29.1 Å². The van der Waals surface area contributed by atoms with Crippen molar-refractivity contribution >= 4 is 164 Å². The summed E-state index contributed by atoms with van der Waals surface area (Å²) in [6, 6.07) is 116. The molecule has 14 aromatic carbocycles. The third-order valence-corrected chi connectivity index (χ3v) is 22.6. The van der Waals surface area contributed by atoms with Crippen LogP contribution in [0.15, 0.2) is 339 Å². The van der Waals surface area contributed by atoms with E-state index in [-0.39, 0.29) is 7.43 Å². The molecule has 20 aromatic rings. The van der Waals surface area contributed by atoms with Gasteiger partial charge in [-0.2, -0.15) is 0 Å². The minimum atomic E-state index is 0. The molecule has 0 radical (unpaired) electrons. The molecular formula is C89H60N8S4. The van der Waals surface area contributed by atoms with Gasteiger partial charge in [-0.1, -0.05) is 177 Å². The highest BCUT2D eigenvalue weighted by Gasteiger charge is 2.23. The minimum Gasteiger partial charge on any atom is -0.311 e. The third kappa shape index (κ3) is 10.9. The van der Waals surface area contributed by atoms with Crippen LogP contribution in [0, 0.1) is 0 Å². The van der Waals surface area contributed by atoms with Crippen molar-refractivity contribution in [1.29, 1.82) is 0 Å². The fourth-order valence-electron chi connectivity index (χ4n) is 14.2. The van der Waals surface area contributed by atoms with Gasteiger partial charge >= 0.3 is 0 Å². The molecule has 6 aromatic heterocycles. The largest absolute Gasteiger partial charge is 0.311 e. The second-order valence-corrected chi connectivity index (χ2v) is 28.3. The second-order valence-electron chi connectivity index (χ2n) is 24.6. The van der Waals surface area contributed by atoms with Crippen molar-refractivity contribution in [3.05, 3.63) is 339 Å². The van der Waals surface area contributed by atoms with Gasteiger partial charge < -0.3 is 18.9 Å². The van der Waals surface area contributed by atoms with Gasteiger partial charge in [-0.3, -0.25) is 0 Å². The summed E-state index contributed by atoms with van der Waals surface area (Å²) >= 11 is 6.80. The van der Waals surface area contributed by atoms with Crippen LogP contribution >= 0.6 is 45.3 Å². The molecule has 0 saturated carbocycles. The Morgan fingerprint density at radius 2 is 0.554 bits per heavy atom. The number of para-hydroxylation sites is 8. The van der Waals surface area contributed by atoms with E-state index in [9.17, 15) is 0 Å². The predicted octanol–water partition coefficient (Wildman–Crippen LogP) is 26.2. The molecule has 0 unspecified atom stereocenters. The van der Waals surface area contributed by atoms with Gasteiger partial charge in [0.25, 0.3) is 0 Å². The summed E-state index contributed by atoms with van der Waals surface area (Å²) in [6.07, 6.45) is 0. The third-order valence-electron chi connectivity index (χ3n) is 18.8. The number of thiazole rings is 4. The zero-order valence-electron chi connectivity index (χ0n) is 53.5. The van der Waals surface area contributed by atoms with Gasteiger partial charge in [-0.25, -0.2) is 19.9 Å². The SMILES string of the molecule is C.c1ccc(N(c2ccccc2)c2ccc(-c3nc4cc5sc(-c6ccc(N(c7ccccc7)c7ccccc7)cc6)nc5cc4s3)cc2)cc1.c1ccc2c(c1)c1ccccc1n2-c1ccc(-c2c3ncsc3c(-c3ccc(-n4c5ccccc5c5ccccc54)cc3)c3ncsc23)cc1. The molecule has 20 rings (SSSR count). The van der Waals surface area contributed by atoms with Gasteiger partial charge in [0, 0.05) is 89.3 Å². The molecular weight excluding hydrogens is 1310 g/mol. The standard InChI is InChI=1S/C44H26N4S2.C44H30N4S2.CH4/c1-5-13-35-31(9-1)32-10-2-6-14-36(32)47(35)29-21-17-27(18-22-29)39-41-44(50-25-45-41)40(42-43(39)49-26-46-42)28-19-23-30(24-20-28)48-37-15-7-3-11-33(37)34-12-4-8-16-38(34)48;1-5-13-33(14-6-1)47(34-15-7-2-8-16-34)37-25-21-31(22-26-37)43-45-39-29-42-40(30-41(39)49-43)46-44(50-42)32-23-27-38(28-24-32)48(35-17-9-3-10-18-35)36-19-11-4-12-20-36;/h1-26H;1-30H;1H4. The van der Waals surface area contributed by atoms with Crippen molar-refractivity contribution in [2.24, 2.45) is 0 Å². The van der Waals surface area contributed by atoms with Gasteiger partial charge in [0.2, 0.25) is 0 Å². The first-order valence-corrected chi connectivity index (χ1v) is 36.5. The van der Waals surface area contributed by atoms with Crippen molar-refractivity contribution < 1.29 is 0 Å². The highest BCUT2D eigenvalue weighted by molar-refractivity contribution is 7.23. The summed E-state index contributed by atoms with van der Waals surface area (Å²) in [5, 5.41) is 7.07. The molecule has 480 valence electrons. The highest BCUT2D eigenvalue weighted by Crippen LogP contribution is 2.48. The van der Waals surface area contributed by atoms with Crippen molar-refractivity contribution in [3.8, 4) is 54.8 Å². The van der Waals surface area contributed by atoms with Gasteiger partial charge in [0.15, 0.2) is 0 Å². The Hall–Kier alpha value is -12.2. The summed E-state index contributed by atoms with van der Waals surface area (Å²) in [6.45, 7) is 0. The first kappa shape index (κ1) is 61.2. The maximum absolute atomic E-state index is 5.07. The van der Waals surface area contributed by atoms with E-state index in [0.29, 0.717) is 0 Å². The van der Waals surface area contributed by atoms with E-state index in [1.54, 1.807) is 45.3 Å². The first-order chi connectivity index (χ1) is 49.6. The zero-order valence-corrected chi connectivity index (χ0v) is 56.8. The van der Waals surface area contributed by atoms with E-state index in [1.165, 1.54) is 43.6 Å². The molecule has 6 heterocycles. The number of aromatic nitrogens is 6. The van der Waals surface area contributed by atoms with E-state index in [0.717, 1.165) is 130 Å². The Kier molecular flexibility index (Phi) is 15.7. The lowest BCUT2D eigenvalue weighted by atomic mass is 9.97. The fraction of sp³-hybridized carbons (Fsp3) is 0.0112. The molecule has 0 bridgehead atoms. The van der Waals surface area contributed by atoms with Crippen molar-refractivity contribution in [1.82, 2.24) is 29.1 Å². The monoisotopic (exact) mass is 1370 g/mol. The Bertz CT molecular complexity index is 5710. The van der Waals surface area contributed by atoms with Gasteiger partial charge in [-0.05, 0) is 169 Å². The molecule has 101 heavy (non-hydrogen) atoms. The molecule has 0 N–H and O–H groups in total. The molecule has 0 amide bonds. The molecule has 0 atom stereocenters. The molecule has 8 nitrogen and oxygen atoms in total. The Morgan fingerprint density at radius 1 is 0.277 bits per heavy atom. The highest BCUT2D eigenvalue weighted by atomic mass is 32.1. The number of anilines is 6. The van der Waals surface area contributed by atoms with Crippen LogP contribution in [0.25, 0.3) is 139 Å². The van der Waals surface area contributed by atoms with Crippen LogP contribution in [0.4, 0.5) is 34.1 Å². The second kappa shape index (κ2) is 25.9. The van der Waals surface area contributed by atoms with Gasteiger partial charge in [0.1, 0.15) is 10.0 Å². The Labute approximate surface area is 599 Å². The van der Waals surface area contributed by atoms with E-state index in [1.807, 2.05) is 35.3 Å². The van der Waals surface area contributed by atoms with Crippen LogP contribution in [0.2, 0.25) is 0 Å². The summed E-state index contributed by atoms with van der Waals surface area (Å²) in [7, 11) is 0. The molecule has 0 aliphatic rings. The number of rotatable bonds is 12. The van der Waals surface area contributed by atoms with Gasteiger partial charge in [0.05, 0.1) is 74.0 Å². The van der Waals surface area contributed by atoms with Crippen molar-refractivity contribution in [3.63, 3.8) is 0 Å². The molecule has 12 heteroatoms. The molecule has 0 aliphatic carbocycles. The number of nitrogens with zero attached hydrogens (tertiary/aromatic N) is 8. The van der Waals surface area contributed by atoms with E-state index < -0.39 is 0 Å². The average Bonchev–Trinajstić information content (AvgIpc) is 1.65. The van der Waals surface area contributed by atoms with Crippen LogP contribution in [0.5, 0.6) is 0 Å². The number of benzene rings is 14. The smallest absolute Gasteiger partial charge is 0.124 e. The summed E-state index contributed by atoms with van der Waals surface area (Å²) in [4.78, 5) is 24.7. The molecule has 0 aliphatic heterocycles. The van der Waals surface area contributed by atoms with Crippen molar-refractivity contribution in [2.45, 2.75) is 7.43 Å². The summed E-state index contributed by atoms with van der Waals surface area (Å²) in [5.74, 6) is 0. The molecule has 0 saturated heterocycles. The lowest BCUT2D eigenvalue weighted by Gasteiger charge is -2.25. The minimum absolute atomic E-state index is 0. The first-order valence-electron chi connectivity index (χ1n) is 33.1. The van der Waals surface area contributed by atoms with E-state index >= 15 is 0 Å². The number of hydrogen-bond acceptors (Lipinski definition) is 10. The van der Waals surface area contributed by atoms with Gasteiger partial charge in [-0.15, -0.1) is 45.3 Å². The van der Waals surface area contributed by atoms with Crippen LogP contribution in [-0.2, 0) is 0 Å². The van der Waals surface area contributed by atoms with Crippen LogP contribution in [0.1, 0.15) is 7.43 Å². The lowest BCUT2D eigenvalue weighted by molar-refractivity contribution is 1.18. The topological polar surface area (TPSA) is 67.9 Å². The number of hydrogen-bond donors (Lipinski definition) is 0. The van der Waals surface area contributed by atoms with Crippen LogP contribution < -0.4 is 9.80 Å². The summed E-state index contributed by atoms with van der Waals surface area (Å²) < 4.78 is 9.33. The predicted molar refractivity (Wildman–Crippen MR) is 432 cm³/mol. The average molecular weight is 1370 g/mol. The van der Waals surface area contributed by atoms with E-state index in [2.05, 4.69) is 322 Å².